The van der Waals surface area contributed by atoms with Crippen LogP contribution in [0.1, 0.15) is 63.4 Å². The summed E-state index contributed by atoms with van der Waals surface area (Å²) in [5.41, 5.74) is 1.35. The SMILES string of the molecule is C=CCN(C(=O)/C(=C/C)Oc1ccc(C2CC2)cc1)C1CC(OCCOC2CCCCO2)C1. The van der Waals surface area contributed by atoms with Crippen LogP contribution in [0.3, 0.4) is 0 Å². The Morgan fingerprint density at radius 1 is 1.12 bits per heavy atom. The van der Waals surface area contributed by atoms with Crippen LogP contribution in [0.2, 0.25) is 0 Å². The zero-order chi connectivity index (χ0) is 23.0. The Hall–Kier alpha value is -2.15. The molecule has 1 amide bonds. The van der Waals surface area contributed by atoms with Crippen LogP contribution in [0.4, 0.5) is 0 Å². The first kappa shape index (κ1) is 24.0. The lowest BCUT2D eigenvalue weighted by atomic mass is 9.87. The largest absolute Gasteiger partial charge is 0.452 e. The Bertz CT molecular complexity index is 804. The molecule has 0 aromatic heterocycles. The van der Waals surface area contributed by atoms with E-state index in [4.69, 9.17) is 18.9 Å². The molecule has 6 nitrogen and oxygen atoms in total. The summed E-state index contributed by atoms with van der Waals surface area (Å²) >= 11 is 0. The van der Waals surface area contributed by atoms with Gasteiger partial charge in [0.15, 0.2) is 12.0 Å². The highest BCUT2D eigenvalue weighted by atomic mass is 16.7. The number of rotatable bonds is 12. The van der Waals surface area contributed by atoms with E-state index < -0.39 is 0 Å². The van der Waals surface area contributed by atoms with Crippen LogP contribution >= 0.6 is 0 Å². The van der Waals surface area contributed by atoms with Crippen LogP contribution in [0.25, 0.3) is 0 Å². The van der Waals surface area contributed by atoms with Crippen LogP contribution in [0, 0.1) is 0 Å². The molecule has 1 heterocycles. The lowest BCUT2D eigenvalue weighted by molar-refractivity contribution is -0.175. The van der Waals surface area contributed by atoms with E-state index in [0.29, 0.717) is 37.2 Å². The Labute approximate surface area is 197 Å². The second kappa shape index (κ2) is 11.8. The Morgan fingerprint density at radius 2 is 1.88 bits per heavy atom. The van der Waals surface area contributed by atoms with Gasteiger partial charge in [0.25, 0.3) is 5.91 Å². The average Bonchev–Trinajstić information content (AvgIpc) is 3.66. The molecule has 2 saturated carbocycles. The van der Waals surface area contributed by atoms with Crippen LogP contribution in [-0.4, -0.2) is 55.6 Å². The summed E-state index contributed by atoms with van der Waals surface area (Å²) in [5.74, 6) is 1.63. The van der Waals surface area contributed by atoms with E-state index in [1.54, 1.807) is 12.2 Å². The summed E-state index contributed by atoms with van der Waals surface area (Å²) in [6.45, 7) is 8.03. The molecule has 3 fully saturated rings. The molecule has 180 valence electrons. The third-order valence-corrected chi connectivity index (χ3v) is 6.61. The molecule has 1 aliphatic heterocycles. The Balaban J connectivity index is 1.22. The number of nitrogens with zero attached hydrogens (tertiary/aromatic N) is 1. The summed E-state index contributed by atoms with van der Waals surface area (Å²) in [6.07, 6.45) is 11.0. The monoisotopic (exact) mass is 455 g/mol. The summed E-state index contributed by atoms with van der Waals surface area (Å²) in [4.78, 5) is 15.1. The number of hydrogen-bond acceptors (Lipinski definition) is 5. The average molecular weight is 456 g/mol. The number of ether oxygens (including phenoxy) is 4. The first-order chi connectivity index (χ1) is 16.2. The molecule has 0 N–H and O–H groups in total. The molecule has 0 radical (unpaired) electrons. The zero-order valence-corrected chi connectivity index (χ0v) is 19.7. The highest BCUT2D eigenvalue weighted by molar-refractivity contribution is 5.92. The molecule has 3 aliphatic rings. The van der Waals surface area contributed by atoms with Crippen LogP contribution in [0.5, 0.6) is 5.75 Å². The lowest BCUT2D eigenvalue weighted by Crippen LogP contribution is -2.51. The molecular weight excluding hydrogens is 418 g/mol. The van der Waals surface area contributed by atoms with Crippen molar-refractivity contribution in [3.8, 4) is 5.75 Å². The molecule has 0 bridgehead atoms. The number of hydrogen-bond donors (Lipinski definition) is 0. The maximum absolute atomic E-state index is 13.2. The third-order valence-electron chi connectivity index (χ3n) is 6.61. The molecule has 6 heteroatoms. The van der Waals surface area contributed by atoms with Gasteiger partial charge in [0.2, 0.25) is 0 Å². The normalized spacial score (nSPS) is 25.2. The number of amides is 1. The van der Waals surface area contributed by atoms with Gasteiger partial charge >= 0.3 is 0 Å². The van der Waals surface area contributed by atoms with E-state index in [-0.39, 0.29) is 24.3 Å². The fraction of sp³-hybridized carbons (Fsp3) is 0.593. The van der Waals surface area contributed by atoms with Gasteiger partial charge in [0.1, 0.15) is 5.75 Å². The molecule has 2 aliphatic carbocycles. The maximum Gasteiger partial charge on any atom is 0.289 e. The van der Waals surface area contributed by atoms with E-state index in [0.717, 1.165) is 38.7 Å². The van der Waals surface area contributed by atoms with Crippen molar-refractivity contribution in [2.75, 3.05) is 26.4 Å². The first-order valence-corrected chi connectivity index (χ1v) is 12.4. The van der Waals surface area contributed by atoms with Crippen LogP contribution in [0.15, 0.2) is 48.8 Å². The molecule has 1 aromatic rings. The van der Waals surface area contributed by atoms with Gasteiger partial charge in [-0.3, -0.25) is 4.79 Å². The van der Waals surface area contributed by atoms with Crippen molar-refractivity contribution in [2.45, 2.75) is 76.2 Å². The molecule has 1 unspecified atom stereocenters. The predicted octanol–water partition coefficient (Wildman–Crippen LogP) is 4.95. The van der Waals surface area contributed by atoms with Gasteiger partial charge in [0, 0.05) is 19.2 Å². The molecule has 1 atom stereocenters. The molecular formula is C27H37NO5. The first-order valence-electron chi connectivity index (χ1n) is 12.4. The van der Waals surface area contributed by atoms with Gasteiger partial charge in [0.05, 0.1) is 19.3 Å². The number of benzene rings is 1. The van der Waals surface area contributed by atoms with E-state index in [1.807, 2.05) is 24.0 Å². The van der Waals surface area contributed by atoms with Crippen molar-refractivity contribution in [2.24, 2.45) is 0 Å². The van der Waals surface area contributed by atoms with Gasteiger partial charge in [-0.05, 0) is 81.6 Å². The van der Waals surface area contributed by atoms with E-state index in [1.165, 1.54) is 18.4 Å². The van der Waals surface area contributed by atoms with Gasteiger partial charge in [-0.25, -0.2) is 0 Å². The van der Waals surface area contributed by atoms with Gasteiger partial charge < -0.3 is 23.8 Å². The number of carbonyl (C=O) groups excluding carboxylic acids is 1. The van der Waals surface area contributed by atoms with Crippen molar-refractivity contribution >= 4 is 5.91 Å². The second-order valence-electron chi connectivity index (χ2n) is 9.13. The van der Waals surface area contributed by atoms with E-state index >= 15 is 0 Å². The number of carbonyl (C=O) groups is 1. The minimum absolute atomic E-state index is 0.0821. The quantitative estimate of drug-likeness (QED) is 0.193. The van der Waals surface area contributed by atoms with Gasteiger partial charge in [-0.2, -0.15) is 0 Å². The fourth-order valence-electron chi connectivity index (χ4n) is 4.42. The van der Waals surface area contributed by atoms with Crippen molar-refractivity contribution in [1.82, 2.24) is 4.90 Å². The summed E-state index contributed by atoms with van der Waals surface area (Å²) in [6, 6.07) is 8.24. The molecule has 1 saturated heterocycles. The molecule has 1 aromatic carbocycles. The number of allylic oxidation sites excluding steroid dienone is 1. The van der Waals surface area contributed by atoms with Crippen molar-refractivity contribution in [3.63, 3.8) is 0 Å². The Morgan fingerprint density at radius 3 is 2.52 bits per heavy atom. The third kappa shape index (κ3) is 6.69. The van der Waals surface area contributed by atoms with E-state index in [2.05, 4.69) is 18.7 Å². The standard InChI is InChI=1S/C27H37NO5/c1-3-14-28(22-18-24(19-22)30-16-17-32-26-7-5-6-15-31-26)27(29)25(4-2)33-23-12-10-21(11-13-23)20-8-9-20/h3-4,10-13,20,22,24,26H,1,5-9,14-19H2,2H3/b25-4-. The van der Waals surface area contributed by atoms with Crippen molar-refractivity contribution in [3.05, 3.63) is 54.3 Å². The predicted molar refractivity (Wildman–Crippen MR) is 127 cm³/mol. The zero-order valence-electron chi connectivity index (χ0n) is 19.7. The summed E-state index contributed by atoms with van der Waals surface area (Å²) in [7, 11) is 0. The van der Waals surface area contributed by atoms with Crippen LogP contribution < -0.4 is 4.74 Å². The summed E-state index contributed by atoms with van der Waals surface area (Å²) < 4.78 is 23.2. The van der Waals surface area contributed by atoms with Crippen molar-refractivity contribution < 1.29 is 23.7 Å². The maximum atomic E-state index is 13.2. The van der Waals surface area contributed by atoms with Crippen LogP contribution in [-0.2, 0) is 19.0 Å². The lowest BCUT2D eigenvalue weighted by Gasteiger charge is -2.42. The highest BCUT2D eigenvalue weighted by Gasteiger charge is 2.37. The fourth-order valence-corrected chi connectivity index (χ4v) is 4.42. The Kier molecular flexibility index (Phi) is 8.59. The smallest absolute Gasteiger partial charge is 0.289 e. The van der Waals surface area contributed by atoms with Gasteiger partial charge in [-0.1, -0.05) is 18.2 Å². The molecule has 33 heavy (non-hydrogen) atoms. The highest BCUT2D eigenvalue weighted by Crippen LogP contribution is 2.40. The summed E-state index contributed by atoms with van der Waals surface area (Å²) in [5, 5.41) is 0. The second-order valence-corrected chi connectivity index (χ2v) is 9.13. The topological polar surface area (TPSA) is 57.2 Å². The van der Waals surface area contributed by atoms with Crippen molar-refractivity contribution in [1.29, 1.82) is 0 Å². The van der Waals surface area contributed by atoms with Gasteiger partial charge in [-0.15, -0.1) is 6.58 Å². The van der Waals surface area contributed by atoms with E-state index in [9.17, 15) is 4.79 Å². The minimum atomic E-state index is -0.107. The molecule has 4 rings (SSSR count). The minimum Gasteiger partial charge on any atom is -0.452 e. The molecule has 0 spiro atoms.